The fourth-order valence-electron chi connectivity index (χ4n) is 3.53. The summed E-state index contributed by atoms with van der Waals surface area (Å²) in [5.41, 5.74) is 2.57. The van der Waals surface area contributed by atoms with E-state index in [-0.39, 0.29) is 18.0 Å². The van der Waals surface area contributed by atoms with Crippen LogP contribution < -0.4 is 5.56 Å². The maximum Gasteiger partial charge on any atom is 0.263 e. The van der Waals surface area contributed by atoms with Gasteiger partial charge in [0.2, 0.25) is 5.91 Å². The molecule has 3 heterocycles. The summed E-state index contributed by atoms with van der Waals surface area (Å²) in [6.07, 6.45) is 7.78. The maximum absolute atomic E-state index is 12.7. The molecule has 0 saturated carbocycles. The number of carbonyl (C=O) groups excluding carboxylic acids is 1. The van der Waals surface area contributed by atoms with Gasteiger partial charge >= 0.3 is 0 Å². The van der Waals surface area contributed by atoms with Gasteiger partial charge in [0.25, 0.3) is 5.56 Å². The van der Waals surface area contributed by atoms with Crippen molar-refractivity contribution in [2.75, 3.05) is 13.1 Å². The second-order valence-corrected chi connectivity index (χ2v) is 6.44. The average molecular weight is 312 g/mol. The van der Waals surface area contributed by atoms with E-state index >= 15 is 0 Å². The van der Waals surface area contributed by atoms with E-state index in [0.717, 1.165) is 62.9 Å². The van der Waals surface area contributed by atoms with Crippen molar-refractivity contribution in [2.24, 2.45) is 0 Å². The molecular formula is C17H20N4O2. The highest BCUT2D eigenvalue weighted by molar-refractivity contribution is 5.78. The smallest absolute Gasteiger partial charge is 0.263 e. The van der Waals surface area contributed by atoms with Gasteiger partial charge in [-0.3, -0.25) is 14.2 Å². The second-order valence-electron chi connectivity index (χ2n) is 6.44. The maximum atomic E-state index is 12.7. The molecule has 0 radical (unpaired) electrons. The summed E-state index contributed by atoms with van der Waals surface area (Å²) >= 11 is 0. The molecule has 6 heteroatoms. The van der Waals surface area contributed by atoms with E-state index in [1.54, 1.807) is 0 Å². The van der Waals surface area contributed by atoms with Gasteiger partial charge < -0.3 is 4.90 Å². The number of amides is 1. The highest BCUT2D eigenvalue weighted by Crippen LogP contribution is 2.21. The molecule has 0 atom stereocenters. The Bertz CT molecular complexity index is 821. The SMILES string of the molecule is O=C(Cn1cnc2nc3c(cc2c1=O)CCCC3)N1CCCC1. The Hall–Kier alpha value is -2.24. The van der Waals surface area contributed by atoms with Crippen LogP contribution in [0, 0.1) is 0 Å². The van der Waals surface area contributed by atoms with E-state index in [0.29, 0.717) is 11.0 Å². The Morgan fingerprint density at radius 2 is 1.91 bits per heavy atom. The predicted octanol–water partition coefficient (Wildman–Crippen LogP) is 1.29. The first-order valence-electron chi connectivity index (χ1n) is 8.38. The number of rotatable bonds is 2. The van der Waals surface area contributed by atoms with Crippen molar-refractivity contribution < 1.29 is 4.79 Å². The first-order valence-corrected chi connectivity index (χ1v) is 8.38. The summed E-state index contributed by atoms with van der Waals surface area (Å²) in [7, 11) is 0. The fourth-order valence-corrected chi connectivity index (χ4v) is 3.53. The molecule has 1 amide bonds. The van der Waals surface area contributed by atoms with Crippen molar-refractivity contribution in [1.29, 1.82) is 0 Å². The van der Waals surface area contributed by atoms with Gasteiger partial charge in [-0.2, -0.15) is 0 Å². The standard InChI is InChI=1S/C17H20N4O2/c22-15(20-7-3-4-8-20)10-21-11-18-16-13(17(21)23)9-12-5-1-2-6-14(12)19-16/h9,11H,1-8,10H2. The summed E-state index contributed by atoms with van der Waals surface area (Å²) in [5, 5.41) is 0.530. The first kappa shape index (κ1) is 14.4. The number of hydrogen-bond donors (Lipinski definition) is 0. The minimum absolute atomic E-state index is 0.00308. The van der Waals surface area contributed by atoms with Crippen molar-refractivity contribution in [3.8, 4) is 0 Å². The Morgan fingerprint density at radius 1 is 1.13 bits per heavy atom. The Kier molecular flexibility index (Phi) is 3.59. The van der Waals surface area contributed by atoms with Gasteiger partial charge in [0.05, 0.1) is 5.39 Å². The number of pyridine rings is 1. The molecule has 120 valence electrons. The summed E-state index contributed by atoms with van der Waals surface area (Å²) < 4.78 is 1.42. The van der Waals surface area contributed by atoms with Gasteiger partial charge in [-0.15, -0.1) is 0 Å². The molecule has 6 nitrogen and oxygen atoms in total. The molecule has 1 aliphatic carbocycles. The van der Waals surface area contributed by atoms with Crippen molar-refractivity contribution in [3.63, 3.8) is 0 Å². The van der Waals surface area contributed by atoms with Crippen LogP contribution in [0.25, 0.3) is 11.0 Å². The number of hydrogen-bond acceptors (Lipinski definition) is 4. The summed E-state index contributed by atoms with van der Waals surface area (Å²) in [4.78, 5) is 35.6. The Morgan fingerprint density at radius 3 is 2.74 bits per heavy atom. The average Bonchev–Trinajstić information content (AvgIpc) is 3.11. The van der Waals surface area contributed by atoms with Crippen LogP contribution >= 0.6 is 0 Å². The van der Waals surface area contributed by atoms with Crippen LogP contribution in [0.2, 0.25) is 0 Å². The molecule has 4 rings (SSSR count). The molecule has 2 aliphatic rings. The topological polar surface area (TPSA) is 68.1 Å². The van der Waals surface area contributed by atoms with E-state index in [9.17, 15) is 9.59 Å². The molecule has 0 bridgehead atoms. The van der Waals surface area contributed by atoms with Crippen LogP contribution in [0.3, 0.4) is 0 Å². The van der Waals surface area contributed by atoms with E-state index in [1.165, 1.54) is 10.9 Å². The highest BCUT2D eigenvalue weighted by atomic mass is 16.2. The molecule has 1 fully saturated rings. The van der Waals surface area contributed by atoms with Gasteiger partial charge in [0, 0.05) is 18.8 Å². The fraction of sp³-hybridized carbons (Fsp3) is 0.529. The lowest BCUT2D eigenvalue weighted by Crippen LogP contribution is -2.34. The first-order chi connectivity index (χ1) is 11.2. The normalized spacial score (nSPS) is 17.5. The lowest BCUT2D eigenvalue weighted by Gasteiger charge is -2.17. The third-order valence-corrected chi connectivity index (χ3v) is 4.86. The van der Waals surface area contributed by atoms with Crippen LogP contribution in [0.15, 0.2) is 17.2 Å². The quantitative estimate of drug-likeness (QED) is 0.838. The summed E-state index contributed by atoms with van der Waals surface area (Å²) in [6, 6.07) is 1.93. The lowest BCUT2D eigenvalue weighted by atomic mass is 9.95. The van der Waals surface area contributed by atoms with E-state index in [4.69, 9.17) is 0 Å². The third kappa shape index (κ3) is 2.62. The number of aryl methyl sites for hydroxylation is 2. The third-order valence-electron chi connectivity index (χ3n) is 4.86. The predicted molar refractivity (Wildman–Crippen MR) is 86.3 cm³/mol. The van der Waals surface area contributed by atoms with Crippen LogP contribution in [-0.4, -0.2) is 38.4 Å². The number of fused-ring (bicyclic) bond motifs is 2. The molecule has 0 unspecified atom stereocenters. The van der Waals surface area contributed by atoms with Gasteiger partial charge in [-0.1, -0.05) is 0 Å². The minimum Gasteiger partial charge on any atom is -0.341 e. The summed E-state index contributed by atoms with van der Waals surface area (Å²) in [6.45, 7) is 1.66. The molecule has 1 saturated heterocycles. The molecule has 0 spiro atoms. The summed E-state index contributed by atoms with van der Waals surface area (Å²) in [5.74, 6) is -0.00308. The zero-order chi connectivity index (χ0) is 15.8. The largest absolute Gasteiger partial charge is 0.341 e. The molecule has 1 aliphatic heterocycles. The highest BCUT2D eigenvalue weighted by Gasteiger charge is 2.20. The molecule has 2 aromatic rings. The Labute approximate surface area is 134 Å². The Balaban J connectivity index is 1.69. The van der Waals surface area contributed by atoms with Gasteiger partial charge in [0.1, 0.15) is 12.9 Å². The monoisotopic (exact) mass is 312 g/mol. The van der Waals surface area contributed by atoms with Gasteiger partial charge in [0.15, 0.2) is 5.65 Å². The van der Waals surface area contributed by atoms with E-state index in [1.807, 2.05) is 11.0 Å². The zero-order valence-electron chi connectivity index (χ0n) is 13.1. The minimum atomic E-state index is -0.163. The molecule has 2 aromatic heterocycles. The number of nitrogens with zero attached hydrogens (tertiary/aromatic N) is 4. The molecule has 0 aromatic carbocycles. The van der Waals surface area contributed by atoms with Crippen LogP contribution in [0.4, 0.5) is 0 Å². The van der Waals surface area contributed by atoms with E-state index < -0.39 is 0 Å². The van der Waals surface area contributed by atoms with Crippen LogP contribution in [0.1, 0.15) is 36.9 Å². The molecule has 23 heavy (non-hydrogen) atoms. The van der Waals surface area contributed by atoms with Gasteiger partial charge in [-0.25, -0.2) is 9.97 Å². The second kappa shape index (κ2) is 5.76. The van der Waals surface area contributed by atoms with Crippen molar-refractivity contribution >= 4 is 16.9 Å². The van der Waals surface area contributed by atoms with Crippen molar-refractivity contribution in [2.45, 2.75) is 45.1 Å². The van der Waals surface area contributed by atoms with Crippen LogP contribution in [0.5, 0.6) is 0 Å². The lowest BCUT2D eigenvalue weighted by molar-refractivity contribution is -0.130. The van der Waals surface area contributed by atoms with Crippen molar-refractivity contribution in [1.82, 2.24) is 19.4 Å². The molecule has 0 N–H and O–H groups in total. The number of aromatic nitrogens is 3. The van der Waals surface area contributed by atoms with E-state index in [2.05, 4.69) is 9.97 Å². The zero-order valence-corrected chi connectivity index (χ0v) is 13.1. The molecular weight excluding hydrogens is 292 g/mol. The van der Waals surface area contributed by atoms with Crippen molar-refractivity contribution in [3.05, 3.63) is 34.0 Å². The van der Waals surface area contributed by atoms with Gasteiger partial charge in [-0.05, 0) is 50.2 Å². The number of carbonyl (C=O) groups is 1. The van der Waals surface area contributed by atoms with Crippen LogP contribution in [-0.2, 0) is 24.2 Å². The number of likely N-dealkylation sites (tertiary alicyclic amines) is 1.